The van der Waals surface area contributed by atoms with Crippen molar-refractivity contribution in [3.8, 4) is 11.5 Å². The van der Waals surface area contributed by atoms with Crippen molar-refractivity contribution in [2.45, 2.75) is 13.8 Å². The molecule has 2 heterocycles. The van der Waals surface area contributed by atoms with Gasteiger partial charge in [-0.05, 0) is 24.3 Å². The Morgan fingerprint density at radius 1 is 1.17 bits per heavy atom. The van der Waals surface area contributed by atoms with Crippen LogP contribution >= 0.6 is 0 Å². The Bertz CT molecular complexity index is 519. The molecular formula is C14H16N2O2. The van der Waals surface area contributed by atoms with Gasteiger partial charge in [-0.15, -0.1) is 0 Å². The Labute approximate surface area is 106 Å². The number of aromatic nitrogens is 2. The topological polar surface area (TPSA) is 47.1 Å². The first-order chi connectivity index (χ1) is 8.93. The van der Waals surface area contributed by atoms with Gasteiger partial charge in [-0.3, -0.25) is 5.10 Å². The molecule has 0 saturated carbocycles. The van der Waals surface area contributed by atoms with E-state index in [0.29, 0.717) is 6.79 Å². The average molecular weight is 244 g/mol. The summed E-state index contributed by atoms with van der Waals surface area (Å²) in [6.45, 7) is 4.30. The SMILES string of the molecule is C(=C\c1cccc2c1OCO2)/c1ccn[nH]1.CC. The normalized spacial score (nSPS) is 12.3. The second kappa shape index (κ2) is 5.91. The van der Waals surface area contributed by atoms with Gasteiger partial charge in [0.05, 0.1) is 5.69 Å². The molecule has 1 aromatic carbocycles. The van der Waals surface area contributed by atoms with Gasteiger partial charge < -0.3 is 9.47 Å². The van der Waals surface area contributed by atoms with Gasteiger partial charge in [-0.1, -0.05) is 26.0 Å². The molecule has 1 aromatic heterocycles. The van der Waals surface area contributed by atoms with Crippen LogP contribution in [0.3, 0.4) is 0 Å². The van der Waals surface area contributed by atoms with E-state index in [9.17, 15) is 0 Å². The number of nitrogens with zero attached hydrogens (tertiary/aromatic N) is 1. The molecule has 18 heavy (non-hydrogen) atoms. The number of hydrogen-bond acceptors (Lipinski definition) is 3. The first kappa shape index (κ1) is 12.2. The summed E-state index contributed by atoms with van der Waals surface area (Å²) in [7, 11) is 0. The molecule has 0 atom stereocenters. The van der Waals surface area contributed by atoms with Crippen LogP contribution in [0.1, 0.15) is 25.1 Å². The zero-order valence-electron chi connectivity index (χ0n) is 10.5. The summed E-state index contributed by atoms with van der Waals surface area (Å²) in [4.78, 5) is 0. The molecule has 0 saturated heterocycles. The number of H-pyrrole nitrogens is 1. The van der Waals surface area contributed by atoms with Gasteiger partial charge >= 0.3 is 0 Å². The van der Waals surface area contributed by atoms with Crippen LogP contribution in [0.15, 0.2) is 30.5 Å². The molecule has 4 heteroatoms. The van der Waals surface area contributed by atoms with Crippen LogP contribution in [0.5, 0.6) is 11.5 Å². The second-order valence-corrected chi connectivity index (χ2v) is 3.43. The Kier molecular flexibility index (Phi) is 4.02. The van der Waals surface area contributed by atoms with Gasteiger partial charge in [0.15, 0.2) is 11.5 Å². The summed E-state index contributed by atoms with van der Waals surface area (Å²) >= 11 is 0. The molecule has 0 amide bonds. The van der Waals surface area contributed by atoms with Crippen LogP contribution in [0.25, 0.3) is 12.2 Å². The van der Waals surface area contributed by atoms with E-state index in [1.807, 2.05) is 50.3 Å². The van der Waals surface area contributed by atoms with E-state index in [1.54, 1.807) is 6.20 Å². The first-order valence-electron chi connectivity index (χ1n) is 5.99. The number of rotatable bonds is 2. The molecule has 0 bridgehead atoms. The van der Waals surface area contributed by atoms with E-state index in [4.69, 9.17) is 9.47 Å². The van der Waals surface area contributed by atoms with Crippen LogP contribution in [0, 0.1) is 0 Å². The van der Waals surface area contributed by atoms with Gasteiger partial charge in [0.2, 0.25) is 6.79 Å². The van der Waals surface area contributed by atoms with E-state index in [0.717, 1.165) is 22.8 Å². The third-order valence-corrected chi connectivity index (χ3v) is 2.39. The molecule has 3 rings (SSSR count). The number of aromatic amines is 1. The van der Waals surface area contributed by atoms with Crippen LogP contribution in [0.2, 0.25) is 0 Å². The Hall–Kier alpha value is -2.23. The monoisotopic (exact) mass is 244 g/mol. The largest absolute Gasteiger partial charge is 0.454 e. The van der Waals surface area contributed by atoms with Crippen LogP contribution < -0.4 is 9.47 Å². The summed E-state index contributed by atoms with van der Waals surface area (Å²) in [6, 6.07) is 7.73. The van der Waals surface area contributed by atoms with Gasteiger partial charge in [-0.2, -0.15) is 5.10 Å². The van der Waals surface area contributed by atoms with Gasteiger partial charge in [-0.25, -0.2) is 0 Å². The minimum atomic E-state index is 0.296. The zero-order valence-corrected chi connectivity index (χ0v) is 10.5. The summed E-state index contributed by atoms with van der Waals surface area (Å²) in [5.41, 5.74) is 1.96. The van der Waals surface area contributed by atoms with Gasteiger partial charge in [0.25, 0.3) is 0 Å². The highest BCUT2D eigenvalue weighted by Gasteiger charge is 2.15. The van der Waals surface area contributed by atoms with E-state index in [2.05, 4.69) is 10.2 Å². The molecule has 1 aliphatic heterocycles. The molecule has 0 aliphatic carbocycles. The molecule has 0 fully saturated rings. The van der Waals surface area contributed by atoms with Crippen molar-refractivity contribution in [1.29, 1.82) is 0 Å². The van der Waals surface area contributed by atoms with E-state index < -0.39 is 0 Å². The third kappa shape index (κ3) is 2.53. The highest BCUT2D eigenvalue weighted by molar-refractivity contribution is 5.73. The lowest BCUT2D eigenvalue weighted by Gasteiger charge is -1.99. The minimum absolute atomic E-state index is 0.296. The highest BCUT2D eigenvalue weighted by Crippen LogP contribution is 2.36. The van der Waals surface area contributed by atoms with Crippen molar-refractivity contribution >= 4 is 12.2 Å². The Balaban J connectivity index is 0.000000574. The zero-order chi connectivity index (χ0) is 12.8. The summed E-state index contributed by atoms with van der Waals surface area (Å²) in [5.74, 6) is 1.60. The summed E-state index contributed by atoms with van der Waals surface area (Å²) < 4.78 is 10.7. The molecule has 94 valence electrons. The molecule has 4 nitrogen and oxygen atoms in total. The maximum atomic E-state index is 5.40. The number of fused-ring (bicyclic) bond motifs is 1. The predicted octanol–water partition coefficient (Wildman–Crippen LogP) is 3.34. The standard InChI is InChI=1S/C12H10N2O2.C2H6/c1-2-9(4-5-10-6-7-13-14-10)12-11(3-1)15-8-16-12;1-2/h1-7H,8H2,(H,13,14);1-2H3/b5-4+;. The molecule has 0 radical (unpaired) electrons. The third-order valence-electron chi connectivity index (χ3n) is 2.39. The molecule has 0 unspecified atom stereocenters. The fourth-order valence-corrected chi connectivity index (χ4v) is 1.62. The lowest BCUT2D eigenvalue weighted by molar-refractivity contribution is 0.174. The van der Waals surface area contributed by atoms with Crippen molar-refractivity contribution in [1.82, 2.24) is 10.2 Å². The number of benzene rings is 1. The van der Waals surface area contributed by atoms with E-state index >= 15 is 0 Å². The van der Waals surface area contributed by atoms with E-state index in [1.165, 1.54) is 0 Å². The fourth-order valence-electron chi connectivity index (χ4n) is 1.62. The van der Waals surface area contributed by atoms with Crippen molar-refractivity contribution < 1.29 is 9.47 Å². The molecule has 2 aromatic rings. The number of ether oxygens (including phenoxy) is 2. The minimum Gasteiger partial charge on any atom is -0.454 e. The summed E-state index contributed by atoms with van der Waals surface area (Å²) in [6.07, 6.45) is 5.64. The van der Waals surface area contributed by atoms with Crippen molar-refractivity contribution in [2.24, 2.45) is 0 Å². The van der Waals surface area contributed by atoms with Crippen molar-refractivity contribution in [3.63, 3.8) is 0 Å². The number of hydrogen-bond donors (Lipinski definition) is 1. The maximum absolute atomic E-state index is 5.40. The van der Waals surface area contributed by atoms with Crippen molar-refractivity contribution in [2.75, 3.05) is 6.79 Å². The lowest BCUT2D eigenvalue weighted by Crippen LogP contribution is -1.93. The molecular weight excluding hydrogens is 228 g/mol. The van der Waals surface area contributed by atoms with Crippen LogP contribution in [-0.4, -0.2) is 17.0 Å². The molecule has 1 aliphatic rings. The van der Waals surface area contributed by atoms with Gasteiger partial charge in [0, 0.05) is 11.8 Å². The average Bonchev–Trinajstić information content (AvgIpc) is 3.09. The smallest absolute Gasteiger partial charge is 0.231 e. The lowest BCUT2D eigenvalue weighted by atomic mass is 10.1. The van der Waals surface area contributed by atoms with Crippen molar-refractivity contribution in [3.05, 3.63) is 41.7 Å². The fraction of sp³-hybridized carbons (Fsp3) is 0.214. The number of nitrogens with one attached hydrogen (secondary N) is 1. The predicted molar refractivity (Wildman–Crippen MR) is 71.4 cm³/mol. The van der Waals surface area contributed by atoms with E-state index in [-0.39, 0.29) is 0 Å². The molecule has 1 N–H and O–H groups in total. The van der Waals surface area contributed by atoms with Crippen LogP contribution in [-0.2, 0) is 0 Å². The quantitative estimate of drug-likeness (QED) is 0.881. The van der Waals surface area contributed by atoms with Gasteiger partial charge in [0.1, 0.15) is 0 Å². The second-order valence-electron chi connectivity index (χ2n) is 3.43. The Morgan fingerprint density at radius 2 is 2.06 bits per heavy atom. The number of para-hydroxylation sites is 1. The Morgan fingerprint density at radius 3 is 2.83 bits per heavy atom. The maximum Gasteiger partial charge on any atom is 0.231 e. The molecule has 0 spiro atoms. The van der Waals surface area contributed by atoms with Crippen LogP contribution in [0.4, 0.5) is 0 Å². The summed E-state index contributed by atoms with van der Waals surface area (Å²) in [5, 5.41) is 6.74. The first-order valence-corrected chi connectivity index (χ1v) is 5.99. The highest BCUT2D eigenvalue weighted by atomic mass is 16.7.